The van der Waals surface area contributed by atoms with E-state index in [1.54, 1.807) is 54.6 Å². The average Bonchev–Trinajstić information content (AvgIpc) is 2.83. The molecule has 0 atom stereocenters. The second-order valence-corrected chi connectivity index (χ2v) is 7.62. The highest BCUT2D eigenvalue weighted by atomic mass is 35.5. The van der Waals surface area contributed by atoms with Crippen LogP contribution in [-0.2, 0) is 11.4 Å². The minimum absolute atomic E-state index is 0.248. The normalized spacial score (nSPS) is 10.6. The number of benzene rings is 3. The molecule has 2 N–H and O–H groups in total. The summed E-state index contributed by atoms with van der Waals surface area (Å²) < 4.78 is 11.2. The zero-order valence-electron chi connectivity index (χ0n) is 17.7. The predicted octanol–water partition coefficient (Wildman–Crippen LogP) is 4.46. The Balaban J connectivity index is 1.50. The smallest absolute Gasteiger partial charge is 0.259 e. The zero-order chi connectivity index (χ0) is 23.6. The van der Waals surface area contributed by atoms with Crippen LogP contribution in [-0.4, -0.2) is 31.7 Å². The Kier molecular flexibility index (Phi) is 8.69. The number of halogens is 2. The molecule has 0 heterocycles. The van der Waals surface area contributed by atoms with E-state index < -0.39 is 11.8 Å². The van der Waals surface area contributed by atoms with E-state index in [0.29, 0.717) is 39.3 Å². The zero-order valence-corrected chi connectivity index (χ0v) is 19.2. The molecule has 0 aliphatic rings. The van der Waals surface area contributed by atoms with Crippen molar-refractivity contribution in [2.24, 2.45) is 5.10 Å². The summed E-state index contributed by atoms with van der Waals surface area (Å²) in [5, 5.41) is 7.37. The molecule has 0 saturated carbocycles. The Morgan fingerprint density at radius 2 is 1.76 bits per heavy atom. The molecule has 170 valence electrons. The molecule has 9 heteroatoms. The Morgan fingerprint density at radius 1 is 1.00 bits per heavy atom. The fourth-order valence-corrected chi connectivity index (χ4v) is 3.09. The van der Waals surface area contributed by atoms with Crippen molar-refractivity contribution in [2.75, 3.05) is 13.7 Å². The number of hydrogen-bond acceptors (Lipinski definition) is 5. The monoisotopic (exact) mass is 485 g/mol. The number of methoxy groups -OCH3 is 1. The van der Waals surface area contributed by atoms with Crippen LogP contribution in [0.15, 0.2) is 71.8 Å². The van der Waals surface area contributed by atoms with Crippen molar-refractivity contribution >= 4 is 41.2 Å². The minimum Gasteiger partial charge on any atom is -0.493 e. The van der Waals surface area contributed by atoms with Crippen molar-refractivity contribution in [3.05, 3.63) is 93.5 Å². The third-order valence-electron chi connectivity index (χ3n) is 4.43. The number of carbonyl (C=O) groups excluding carboxylic acids is 2. The third-order valence-corrected chi connectivity index (χ3v) is 5.01. The molecule has 33 heavy (non-hydrogen) atoms. The van der Waals surface area contributed by atoms with Gasteiger partial charge in [0, 0.05) is 5.02 Å². The van der Waals surface area contributed by atoms with Gasteiger partial charge in [0.2, 0.25) is 0 Å². The highest BCUT2D eigenvalue weighted by Crippen LogP contribution is 2.28. The highest BCUT2D eigenvalue weighted by Gasteiger charge is 2.11. The van der Waals surface area contributed by atoms with Gasteiger partial charge in [0.15, 0.2) is 11.5 Å². The lowest BCUT2D eigenvalue weighted by Gasteiger charge is -2.11. The molecule has 0 radical (unpaired) electrons. The first-order valence-electron chi connectivity index (χ1n) is 9.86. The molecule has 3 rings (SSSR count). The van der Waals surface area contributed by atoms with Gasteiger partial charge in [-0.3, -0.25) is 9.59 Å². The van der Waals surface area contributed by atoms with E-state index in [1.807, 2.05) is 12.1 Å². The van der Waals surface area contributed by atoms with Crippen LogP contribution in [0.3, 0.4) is 0 Å². The molecule has 0 fully saturated rings. The van der Waals surface area contributed by atoms with Crippen LogP contribution < -0.4 is 20.2 Å². The number of carbonyl (C=O) groups is 2. The van der Waals surface area contributed by atoms with Gasteiger partial charge < -0.3 is 14.8 Å². The summed E-state index contributed by atoms with van der Waals surface area (Å²) in [6.07, 6.45) is 1.46. The van der Waals surface area contributed by atoms with Crippen molar-refractivity contribution in [3.63, 3.8) is 0 Å². The van der Waals surface area contributed by atoms with Crippen LogP contribution in [0.4, 0.5) is 0 Å². The van der Waals surface area contributed by atoms with Crippen LogP contribution in [0.2, 0.25) is 10.0 Å². The number of hydrogen-bond donors (Lipinski definition) is 2. The van der Waals surface area contributed by atoms with Gasteiger partial charge in [0.05, 0.1) is 30.5 Å². The van der Waals surface area contributed by atoms with Gasteiger partial charge in [-0.25, -0.2) is 5.43 Å². The van der Waals surface area contributed by atoms with Crippen molar-refractivity contribution in [1.29, 1.82) is 0 Å². The molecule has 0 aromatic heterocycles. The summed E-state index contributed by atoms with van der Waals surface area (Å²) in [5.41, 5.74) is 4.30. The molecular formula is C24H21Cl2N3O4. The van der Waals surface area contributed by atoms with Crippen molar-refractivity contribution in [3.8, 4) is 11.5 Å². The number of amides is 2. The lowest BCUT2D eigenvalue weighted by Crippen LogP contribution is -2.35. The largest absolute Gasteiger partial charge is 0.493 e. The Labute approximate surface area is 201 Å². The van der Waals surface area contributed by atoms with Gasteiger partial charge >= 0.3 is 0 Å². The van der Waals surface area contributed by atoms with Crippen molar-refractivity contribution in [2.45, 2.75) is 6.61 Å². The van der Waals surface area contributed by atoms with Crippen molar-refractivity contribution < 1.29 is 19.1 Å². The topological polar surface area (TPSA) is 89.0 Å². The van der Waals surface area contributed by atoms with Gasteiger partial charge in [0.1, 0.15) is 6.61 Å². The van der Waals surface area contributed by atoms with E-state index in [-0.39, 0.29) is 6.54 Å². The van der Waals surface area contributed by atoms with E-state index in [9.17, 15) is 9.59 Å². The first-order chi connectivity index (χ1) is 16.0. The first-order valence-corrected chi connectivity index (χ1v) is 10.6. The molecule has 0 spiro atoms. The average molecular weight is 486 g/mol. The van der Waals surface area contributed by atoms with E-state index in [4.69, 9.17) is 32.7 Å². The fourth-order valence-electron chi connectivity index (χ4n) is 2.74. The van der Waals surface area contributed by atoms with E-state index in [1.165, 1.54) is 13.3 Å². The maximum Gasteiger partial charge on any atom is 0.259 e. The maximum absolute atomic E-state index is 12.1. The highest BCUT2D eigenvalue weighted by molar-refractivity contribution is 6.33. The van der Waals surface area contributed by atoms with E-state index >= 15 is 0 Å². The SMILES string of the molecule is COc1cc(/C=N\NC(=O)CNC(=O)c2ccccc2Cl)ccc1OCc1ccc(Cl)cc1. The number of nitrogens with zero attached hydrogens (tertiary/aromatic N) is 1. The van der Waals surface area contributed by atoms with Crippen molar-refractivity contribution in [1.82, 2.24) is 10.7 Å². The van der Waals surface area contributed by atoms with Gasteiger partial charge in [-0.2, -0.15) is 5.10 Å². The second-order valence-electron chi connectivity index (χ2n) is 6.78. The number of ether oxygens (including phenoxy) is 2. The number of rotatable bonds is 9. The minimum atomic E-state index is -0.485. The van der Waals surface area contributed by atoms with Crippen LogP contribution in [0.25, 0.3) is 0 Å². The standard InChI is InChI=1S/C24H21Cl2N3O4/c1-32-22-12-17(8-11-21(22)33-15-16-6-9-18(25)10-7-16)13-28-29-23(30)14-27-24(31)19-4-2-3-5-20(19)26/h2-13H,14-15H2,1H3,(H,27,31)(H,29,30)/b28-13-. The molecule has 3 aromatic carbocycles. The van der Waals surface area contributed by atoms with Crippen LogP contribution in [0, 0.1) is 0 Å². The Bertz CT molecular complexity index is 1150. The summed E-state index contributed by atoms with van der Waals surface area (Å²) in [7, 11) is 1.54. The lowest BCUT2D eigenvalue weighted by molar-refractivity contribution is -0.120. The molecule has 0 aliphatic heterocycles. The molecule has 7 nitrogen and oxygen atoms in total. The van der Waals surface area contributed by atoms with Gasteiger partial charge in [-0.15, -0.1) is 0 Å². The molecule has 0 saturated heterocycles. The predicted molar refractivity (Wildman–Crippen MR) is 128 cm³/mol. The Morgan fingerprint density at radius 3 is 2.48 bits per heavy atom. The fraction of sp³-hybridized carbons (Fsp3) is 0.125. The second kappa shape index (κ2) is 11.9. The number of hydrazone groups is 1. The van der Waals surface area contributed by atoms with Gasteiger partial charge in [0.25, 0.3) is 11.8 Å². The molecule has 0 bridgehead atoms. The molecule has 0 unspecified atom stereocenters. The summed E-state index contributed by atoms with van der Waals surface area (Å²) in [6.45, 7) is 0.110. The van der Waals surface area contributed by atoms with E-state index in [0.717, 1.165) is 5.56 Å². The lowest BCUT2D eigenvalue weighted by atomic mass is 10.2. The van der Waals surface area contributed by atoms with E-state index in [2.05, 4.69) is 15.8 Å². The Hall–Kier alpha value is -3.55. The van der Waals surface area contributed by atoms with Crippen LogP contribution in [0.5, 0.6) is 11.5 Å². The summed E-state index contributed by atoms with van der Waals surface area (Å²) in [5.74, 6) is 0.155. The third kappa shape index (κ3) is 7.24. The van der Waals surface area contributed by atoms with Gasteiger partial charge in [-0.05, 0) is 53.6 Å². The molecule has 2 amide bonds. The quantitative estimate of drug-likeness (QED) is 0.345. The maximum atomic E-state index is 12.1. The molecule has 0 aliphatic carbocycles. The van der Waals surface area contributed by atoms with Gasteiger partial charge in [-0.1, -0.05) is 47.5 Å². The van der Waals surface area contributed by atoms with Crippen LogP contribution >= 0.6 is 23.2 Å². The molecular weight excluding hydrogens is 465 g/mol. The molecule has 3 aromatic rings. The summed E-state index contributed by atoms with van der Waals surface area (Å²) >= 11 is 11.9. The number of nitrogens with one attached hydrogen (secondary N) is 2. The van der Waals surface area contributed by atoms with Crippen LogP contribution in [0.1, 0.15) is 21.5 Å². The first kappa shape index (κ1) is 24.1. The summed E-state index contributed by atoms with van der Waals surface area (Å²) in [4.78, 5) is 24.0. The summed E-state index contributed by atoms with van der Waals surface area (Å²) in [6, 6.07) is 19.2.